The normalized spacial score (nSPS) is 11.0. The number of nitrogens with zero attached hydrogens (tertiary/aromatic N) is 1. The van der Waals surface area contributed by atoms with E-state index in [1.165, 1.54) is 56.3 Å². The highest BCUT2D eigenvalue weighted by atomic mass is 32.1. The average Bonchev–Trinajstić information content (AvgIpc) is 2.95. The van der Waals surface area contributed by atoms with Crippen molar-refractivity contribution in [1.82, 2.24) is 4.98 Å². The predicted molar refractivity (Wildman–Crippen MR) is 100 cm³/mol. The molecule has 1 heterocycles. The summed E-state index contributed by atoms with van der Waals surface area (Å²) in [6.45, 7) is 2.25. The molecule has 0 saturated heterocycles. The van der Waals surface area contributed by atoms with Crippen LogP contribution in [0.25, 0.3) is 10.2 Å². The molecule has 0 aliphatic rings. The zero-order valence-electron chi connectivity index (χ0n) is 14.1. The van der Waals surface area contributed by atoms with Crippen molar-refractivity contribution in [3.8, 4) is 0 Å². The fraction of sp³-hybridized carbons (Fsp3) is 0.579. The molecule has 0 atom stereocenters. The molecular weight excluding hydrogens is 304 g/mol. The van der Waals surface area contributed by atoms with Crippen molar-refractivity contribution >= 4 is 32.6 Å². The molecule has 2 aromatic rings. The Kier molecular flexibility index (Phi) is 8.08. The molecule has 4 heteroatoms. The molecule has 0 saturated carbocycles. The van der Waals surface area contributed by atoms with Crippen LogP contribution >= 0.6 is 11.3 Å². The van der Waals surface area contributed by atoms with E-state index in [2.05, 4.69) is 17.2 Å². The smallest absolute Gasteiger partial charge is 0.226 e. The Morgan fingerprint density at radius 3 is 2.35 bits per heavy atom. The summed E-state index contributed by atoms with van der Waals surface area (Å²) in [4.78, 5) is 16.4. The number of carbonyl (C=O) groups excluding carboxylic acids is 1. The maximum atomic E-state index is 12.0. The summed E-state index contributed by atoms with van der Waals surface area (Å²) in [6.07, 6.45) is 12.1. The van der Waals surface area contributed by atoms with Gasteiger partial charge in [0.2, 0.25) is 5.91 Å². The molecule has 0 unspecified atom stereocenters. The average molecular weight is 333 g/mol. The third-order valence-corrected chi connectivity index (χ3v) is 5.00. The molecule has 0 spiro atoms. The van der Waals surface area contributed by atoms with Crippen molar-refractivity contribution < 1.29 is 4.79 Å². The number of para-hydroxylation sites is 1. The Morgan fingerprint density at radius 1 is 1.00 bits per heavy atom. The maximum absolute atomic E-state index is 12.0. The number of fused-ring (bicyclic) bond motifs is 1. The largest absolute Gasteiger partial charge is 0.302 e. The highest BCUT2D eigenvalue weighted by molar-refractivity contribution is 7.22. The predicted octanol–water partition coefficient (Wildman–Crippen LogP) is 6.16. The maximum Gasteiger partial charge on any atom is 0.226 e. The molecule has 0 radical (unpaired) electrons. The molecule has 1 aromatic heterocycles. The van der Waals surface area contributed by atoms with Gasteiger partial charge in [-0.3, -0.25) is 4.79 Å². The van der Waals surface area contributed by atoms with Crippen LogP contribution in [0.5, 0.6) is 0 Å². The molecule has 1 aromatic carbocycles. The van der Waals surface area contributed by atoms with E-state index in [9.17, 15) is 4.79 Å². The molecule has 0 aliphatic carbocycles. The number of amides is 1. The van der Waals surface area contributed by atoms with Gasteiger partial charge in [0.15, 0.2) is 5.13 Å². The lowest BCUT2D eigenvalue weighted by molar-refractivity contribution is -0.116. The molecule has 0 fully saturated rings. The summed E-state index contributed by atoms with van der Waals surface area (Å²) in [5, 5.41) is 3.64. The van der Waals surface area contributed by atoms with Crippen LogP contribution < -0.4 is 5.32 Å². The summed E-state index contributed by atoms with van der Waals surface area (Å²) in [7, 11) is 0. The van der Waals surface area contributed by atoms with Crippen LogP contribution in [0.4, 0.5) is 5.13 Å². The van der Waals surface area contributed by atoms with Gasteiger partial charge in [0.25, 0.3) is 0 Å². The Bertz CT molecular complexity index is 561. The van der Waals surface area contributed by atoms with Gasteiger partial charge in [0.05, 0.1) is 10.2 Å². The fourth-order valence-electron chi connectivity index (χ4n) is 2.70. The van der Waals surface area contributed by atoms with Crippen LogP contribution in [-0.4, -0.2) is 10.9 Å². The van der Waals surface area contributed by atoms with Crippen LogP contribution in [0.1, 0.15) is 71.1 Å². The molecule has 23 heavy (non-hydrogen) atoms. The van der Waals surface area contributed by atoms with E-state index in [1.54, 1.807) is 0 Å². The Hall–Kier alpha value is -1.42. The van der Waals surface area contributed by atoms with Gasteiger partial charge < -0.3 is 5.32 Å². The van der Waals surface area contributed by atoms with Gasteiger partial charge in [0, 0.05) is 6.42 Å². The van der Waals surface area contributed by atoms with Gasteiger partial charge >= 0.3 is 0 Å². The highest BCUT2D eigenvalue weighted by Crippen LogP contribution is 2.25. The molecule has 2 rings (SSSR count). The number of thiazole rings is 1. The second kappa shape index (κ2) is 10.4. The van der Waals surface area contributed by atoms with E-state index in [0.29, 0.717) is 11.6 Å². The molecular formula is C19H28N2OS. The first-order valence-corrected chi connectivity index (χ1v) is 9.76. The van der Waals surface area contributed by atoms with Crippen molar-refractivity contribution in [3.63, 3.8) is 0 Å². The number of unbranched alkanes of at least 4 members (excludes halogenated alkanes) is 8. The fourth-order valence-corrected chi connectivity index (χ4v) is 3.59. The lowest BCUT2D eigenvalue weighted by atomic mass is 10.1. The van der Waals surface area contributed by atoms with E-state index in [0.717, 1.165) is 23.1 Å². The summed E-state index contributed by atoms with van der Waals surface area (Å²) in [6, 6.07) is 7.97. The van der Waals surface area contributed by atoms with Crippen LogP contribution in [0.2, 0.25) is 0 Å². The third-order valence-electron chi connectivity index (χ3n) is 4.05. The SMILES string of the molecule is CCCCCCCCCCCC(=O)Nc1nc2ccccc2s1. The lowest BCUT2D eigenvalue weighted by Crippen LogP contribution is -2.10. The summed E-state index contributed by atoms with van der Waals surface area (Å²) in [5.41, 5.74) is 0.955. The highest BCUT2D eigenvalue weighted by Gasteiger charge is 2.07. The Balaban J connectivity index is 1.55. The van der Waals surface area contributed by atoms with E-state index < -0.39 is 0 Å². The minimum absolute atomic E-state index is 0.0898. The van der Waals surface area contributed by atoms with Crippen molar-refractivity contribution in [2.45, 2.75) is 71.1 Å². The second-order valence-corrected chi connectivity index (χ2v) is 7.14. The number of hydrogen-bond acceptors (Lipinski definition) is 3. The number of carbonyl (C=O) groups is 1. The number of rotatable bonds is 11. The van der Waals surface area contributed by atoms with E-state index >= 15 is 0 Å². The molecule has 3 nitrogen and oxygen atoms in total. The zero-order chi connectivity index (χ0) is 16.3. The third kappa shape index (κ3) is 6.69. The summed E-state index contributed by atoms with van der Waals surface area (Å²) >= 11 is 1.54. The number of anilines is 1. The first kappa shape index (κ1) is 17.9. The van der Waals surface area contributed by atoms with Crippen molar-refractivity contribution in [2.24, 2.45) is 0 Å². The summed E-state index contributed by atoms with van der Waals surface area (Å²) < 4.78 is 1.12. The van der Waals surface area contributed by atoms with E-state index in [-0.39, 0.29) is 5.91 Å². The van der Waals surface area contributed by atoms with Crippen LogP contribution in [0, 0.1) is 0 Å². The Labute approximate surface area is 143 Å². The first-order chi connectivity index (χ1) is 11.3. The number of aromatic nitrogens is 1. The standard InChI is InChI=1S/C19H28N2OS/c1-2-3-4-5-6-7-8-9-10-15-18(22)21-19-20-16-13-11-12-14-17(16)23-19/h11-14H,2-10,15H2,1H3,(H,20,21,22). The van der Waals surface area contributed by atoms with Gasteiger partial charge in [-0.25, -0.2) is 4.98 Å². The molecule has 0 aliphatic heterocycles. The van der Waals surface area contributed by atoms with Gasteiger partial charge in [-0.1, -0.05) is 81.8 Å². The van der Waals surface area contributed by atoms with Crippen molar-refractivity contribution in [2.75, 3.05) is 5.32 Å². The van der Waals surface area contributed by atoms with Gasteiger partial charge in [0.1, 0.15) is 0 Å². The van der Waals surface area contributed by atoms with Gasteiger partial charge in [-0.05, 0) is 18.6 Å². The van der Waals surface area contributed by atoms with Gasteiger partial charge in [-0.15, -0.1) is 0 Å². The molecule has 1 amide bonds. The first-order valence-electron chi connectivity index (χ1n) is 8.95. The monoisotopic (exact) mass is 332 g/mol. The zero-order valence-corrected chi connectivity index (χ0v) is 15.0. The molecule has 1 N–H and O–H groups in total. The molecule has 0 bridgehead atoms. The number of hydrogen-bond donors (Lipinski definition) is 1. The molecule has 126 valence electrons. The number of nitrogens with one attached hydrogen (secondary N) is 1. The van der Waals surface area contributed by atoms with Crippen molar-refractivity contribution in [3.05, 3.63) is 24.3 Å². The quantitative estimate of drug-likeness (QED) is 0.501. The van der Waals surface area contributed by atoms with Crippen molar-refractivity contribution in [1.29, 1.82) is 0 Å². The second-order valence-electron chi connectivity index (χ2n) is 6.11. The topological polar surface area (TPSA) is 42.0 Å². The number of benzene rings is 1. The van der Waals surface area contributed by atoms with E-state index in [1.807, 2.05) is 24.3 Å². The summed E-state index contributed by atoms with van der Waals surface area (Å²) in [5.74, 6) is 0.0898. The van der Waals surface area contributed by atoms with Crippen LogP contribution in [-0.2, 0) is 4.79 Å². The van der Waals surface area contributed by atoms with E-state index in [4.69, 9.17) is 0 Å². The van der Waals surface area contributed by atoms with Gasteiger partial charge in [-0.2, -0.15) is 0 Å². The minimum Gasteiger partial charge on any atom is -0.302 e. The van der Waals surface area contributed by atoms with Crippen LogP contribution in [0.3, 0.4) is 0 Å². The Morgan fingerprint density at radius 2 is 1.65 bits per heavy atom. The van der Waals surface area contributed by atoms with Crippen LogP contribution in [0.15, 0.2) is 24.3 Å². The lowest BCUT2D eigenvalue weighted by Gasteiger charge is -2.02. The minimum atomic E-state index is 0.0898.